The van der Waals surface area contributed by atoms with Crippen LogP contribution in [-0.4, -0.2) is 39.6 Å². The van der Waals surface area contributed by atoms with Crippen LogP contribution in [-0.2, 0) is 0 Å². The second kappa shape index (κ2) is 5.63. The van der Waals surface area contributed by atoms with Gasteiger partial charge in [0, 0.05) is 12.5 Å². The van der Waals surface area contributed by atoms with E-state index in [0.29, 0.717) is 16.1 Å². The predicted molar refractivity (Wildman–Crippen MR) is 66.1 cm³/mol. The van der Waals surface area contributed by atoms with Crippen LogP contribution in [0, 0.1) is 5.21 Å². The molecular weight excluding hydrogens is 252 g/mol. The highest BCUT2D eigenvalue weighted by atomic mass is 16.5. The standard InChI is InChI=1S/C11H14N4O4/c12-11-13-10-8(15(18)14-11)2-1-3-9(10)19-5-4-7(17)6-16/h1-3,7,16-17H,4-6H2,(H2,12,13,14). The van der Waals surface area contributed by atoms with Crippen LogP contribution in [0.15, 0.2) is 18.2 Å². The number of anilines is 1. The number of nitrogens with two attached hydrogens (primary N) is 1. The molecule has 102 valence electrons. The maximum Gasteiger partial charge on any atom is 0.288 e. The van der Waals surface area contributed by atoms with E-state index in [0.717, 1.165) is 0 Å². The van der Waals surface area contributed by atoms with Crippen LogP contribution in [0.1, 0.15) is 6.42 Å². The van der Waals surface area contributed by atoms with E-state index in [1.165, 1.54) is 0 Å². The second-order valence-corrected chi connectivity index (χ2v) is 3.94. The molecule has 0 aliphatic rings. The first-order valence-corrected chi connectivity index (χ1v) is 5.69. The number of ether oxygens (including phenoxy) is 1. The molecule has 1 atom stereocenters. The van der Waals surface area contributed by atoms with E-state index in [2.05, 4.69) is 10.1 Å². The Kier molecular flexibility index (Phi) is 3.93. The molecule has 1 unspecified atom stereocenters. The molecule has 0 spiro atoms. The third-order valence-electron chi connectivity index (χ3n) is 2.52. The molecule has 0 aliphatic heterocycles. The van der Waals surface area contributed by atoms with Crippen LogP contribution in [0.2, 0.25) is 0 Å². The van der Waals surface area contributed by atoms with E-state index in [1.807, 2.05) is 0 Å². The van der Waals surface area contributed by atoms with Gasteiger partial charge in [-0.25, -0.2) is 0 Å². The fourth-order valence-electron chi connectivity index (χ4n) is 1.57. The Balaban J connectivity index is 2.23. The fraction of sp³-hybridized carbons (Fsp3) is 0.364. The Morgan fingerprint density at radius 3 is 3.00 bits per heavy atom. The molecule has 4 N–H and O–H groups in total. The van der Waals surface area contributed by atoms with E-state index >= 15 is 0 Å². The van der Waals surface area contributed by atoms with Crippen molar-refractivity contribution in [3.63, 3.8) is 0 Å². The highest BCUT2D eigenvalue weighted by Crippen LogP contribution is 2.21. The van der Waals surface area contributed by atoms with Gasteiger partial charge in [-0.1, -0.05) is 6.07 Å². The molecule has 2 rings (SSSR count). The largest absolute Gasteiger partial charge is 0.594 e. The Morgan fingerprint density at radius 2 is 2.26 bits per heavy atom. The second-order valence-electron chi connectivity index (χ2n) is 3.94. The van der Waals surface area contributed by atoms with Gasteiger partial charge in [-0.05, 0) is 10.9 Å². The highest BCUT2D eigenvalue weighted by molar-refractivity contribution is 5.78. The predicted octanol–water partition coefficient (Wildman–Crippen LogP) is -1.03. The summed E-state index contributed by atoms with van der Waals surface area (Å²) in [5.74, 6) is 0.232. The summed E-state index contributed by atoms with van der Waals surface area (Å²) in [5.41, 5.74) is 5.97. The number of para-hydroxylation sites is 1. The van der Waals surface area contributed by atoms with Gasteiger partial charge >= 0.3 is 0 Å². The number of rotatable bonds is 5. The lowest BCUT2D eigenvalue weighted by molar-refractivity contribution is -0.641. The van der Waals surface area contributed by atoms with Crippen molar-refractivity contribution in [2.75, 3.05) is 18.9 Å². The molecule has 0 radical (unpaired) electrons. The van der Waals surface area contributed by atoms with Gasteiger partial charge in [0.05, 0.1) is 24.4 Å². The van der Waals surface area contributed by atoms with Gasteiger partial charge in [0.15, 0.2) is 11.3 Å². The van der Waals surface area contributed by atoms with Gasteiger partial charge < -0.3 is 25.9 Å². The quantitative estimate of drug-likeness (QED) is 0.466. The molecule has 0 amide bonds. The molecule has 1 aromatic carbocycles. The Morgan fingerprint density at radius 1 is 1.47 bits per heavy atom. The summed E-state index contributed by atoms with van der Waals surface area (Å²) in [5, 5.41) is 32.9. The summed E-state index contributed by atoms with van der Waals surface area (Å²) in [4.78, 5) is 4.35. The minimum absolute atomic E-state index is 0.144. The number of hydrogen-bond donors (Lipinski definition) is 3. The number of aliphatic hydroxyl groups excluding tert-OH is 2. The number of aromatic nitrogens is 3. The topological polar surface area (TPSA) is 128 Å². The van der Waals surface area contributed by atoms with E-state index in [1.54, 1.807) is 18.2 Å². The molecule has 19 heavy (non-hydrogen) atoms. The molecule has 0 bridgehead atoms. The van der Waals surface area contributed by atoms with Crippen LogP contribution < -0.4 is 15.3 Å². The molecular formula is C11H14N4O4. The Labute approximate surface area is 108 Å². The van der Waals surface area contributed by atoms with Crippen LogP contribution in [0.25, 0.3) is 11.0 Å². The maximum atomic E-state index is 11.5. The average Bonchev–Trinajstić information content (AvgIpc) is 2.39. The maximum absolute atomic E-state index is 11.5. The third kappa shape index (κ3) is 2.98. The van der Waals surface area contributed by atoms with Crippen molar-refractivity contribution in [1.29, 1.82) is 0 Å². The molecule has 0 saturated heterocycles. The Bertz CT molecular complexity index is 578. The first kappa shape index (κ1) is 13.2. The van der Waals surface area contributed by atoms with Crippen LogP contribution >= 0.6 is 0 Å². The van der Waals surface area contributed by atoms with Gasteiger partial charge in [-0.2, -0.15) is 4.98 Å². The van der Waals surface area contributed by atoms with E-state index in [9.17, 15) is 10.3 Å². The SMILES string of the molecule is Nc1nc2c(OCCC(O)CO)cccc2[n+]([O-])n1. The van der Waals surface area contributed by atoms with Crippen LogP contribution in [0.3, 0.4) is 0 Å². The number of nitrogen functional groups attached to an aromatic ring is 1. The molecule has 8 nitrogen and oxygen atoms in total. The monoisotopic (exact) mass is 266 g/mol. The van der Waals surface area contributed by atoms with Gasteiger partial charge in [0.1, 0.15) is 0 Å². The van der Waals surface area contributed by atoms with Crippen molar-refractivity contribution in [3.05, 3.63) is 23.4 Å². The summed E-state index contributed by atoms with van der Waals surface area (Å²) in [6.07, 6.45) is -0.565. The zero-order valence-electron chi connectivity index (χ0n) is 10.1. The van der Waals surface area contributed by atoms with Crippen molar-refractivity contribution in [2.24, 2.45) is 0 Å². The zero-order chi connectivity index (χ0) is 13.8. The van der Waals surface area contributed by atoms with Gasteiger partial charge in [0.25, 0.3) is 11.5 Å². The third-order valence-corrected chi connectivity index (χ3v) is 2.52. The lowest BCUT2D eigenvalue weighted by atomic mass is 10.2. The normalized spacial score (nSPS) is 12.5. The van der Waals surface area contributed by atoms with Crippen molar-refractivity contribution in [3.8, 4) is 5.75 Å². The molecule has 8 heteroatoms. The highest BCUT2D eigenvalue weighted by Gasteiger charge is 2.14. The minimum atomic E-state index is -0.834. The van der Waals surface area contributed by atoms with Crippen molar-refractivity contribution in [1.82, 2.24) is 10.1 Å². The van der Waals surface area contributed by atoms with E-state index in [4.69, 9.17) is 15.6 Å². The molecule has 2 aromatic rings. The molecule has 0 saturated carbocycles. The summed E-state index contributed by atoms with van der Waals surface area (Å²) in [7, 11) is 0. The van der Waals surface area contributed by atoms with Crippen molar-refractivity contribution < 1.29 is 19.8 Å². The Hall–Kier alpha value is -2.19. The number of fused-ring (bicyclic) bond motifs is 1. The first-order chi connectivity index (χ1) is 9.11. The van der Waals surface area contributed by atoms with Crippen molar-refractivity contribution >= 4 is 17.0 Å². The molecule has 0 aliphatic carbocycles. The van der Waals surface area contributed by atoms with E-state index < -0.39 is 6.10 Å². The van der Waals surface area contributed by atoms with Gasteiger partial charge in [-0.15, -0.1) is 0 Å². The molecule has 0 fully saturated rings. The fourth-order valence-corrected chi connectivity index (χ4v) is 1.57. The van der Waals surface area contributed by atoms with Gasteiger partial charge in [-0.3, -0.25) is 0 Å². The lowest BCUT2D eigenvalue weighted by Crippen LogP contribution is -2.33. The van der Waals surface area contributed by atoms with E-state index in [-0.39, 0.29) is 31.1 Å². The smallest absolute Gasteiger partial charge is 0.288 e. The average molecular weight is 266 g/mol. The van der Waals surface area contributed by atoms with Gasteiger partial charge in [0.2, 0.25) is 0 Å². The summed E-state index contributed by atoms with van der Waals surface area (Å²) >= 11 is 0. The summed E-state index contributed by atoms with van der Waals surface area (Å²) in [6, 6.07) is 4.82. The summed E-state index contributed by atoms with van der Waals surface area (Å²) in [6.45, 7) is -0.141. The lowest BCUT2D eigenvalue weighted by Gasteiger charge is -2.10. The number of nitrogens with zero attached hydrogens (tertiary/aromatic N) is 3. The number of benzene rings is 1. The number of hydrogen-bond acceptors (Lipinski definition) is 7. The first-order valence-electron chi connectivity index (χ1n) is 5.69. The zero-order valence-corrected chi connectivity index (χ0v) is 10.1. The summed E-state index contributed by atoms with van der Waals surface area (Å²) < 4.78 is 5.43. The van der Waals surface area contributed by atoms with Crippen LogP contribution in [0.4, 0.5) is 5.95 Å². The minimum Gasteiger partial charge on any atom is -0.594 e. The van der Waals surface area contributed by atoms with Crippen LogP contribution in [0.5, 0.6) is 5.75 Å². The van der Waals surface area contributed by atoms with Crippen molar-refractivity contribution in [2.45, 2.75) is 12.5 Å². The number of aliphatic hydroxyl groups is 2. The molecule has 1 aromatic heterocycles. The molecule has 1 heterocycles.